The number of aryl methyl sites for hydroxylation is 1. The van der Waals surface area contributed by atoms with Gasteiger partial charge in [-0.25, -0.2) is 4.98 Å². The van der Waals surface area contributed by atoms with Crippen molar-refractivity contribution in [1.29, 1.82) is 0 Å². The van der Waals surface area contributed by atoms with Crippen LogP contribution in [-0.2, 0) is 11.3 Å². The monoisotopic (exact) mass is 327 g/mol. The number of benzene rings is 1. The summed E-state index contributed by atoms with van der Waals surface area (Å²) in [6, 6.07) is 7.83. The van der Waals surface area contributed by atoms with Crippen molar-refractivity contribution in [2.45, 2.75) is 18.9 Å². The van der Waals surface area contributed by atoms with E-state index in [0.717, 1.165) is 37.4 Å². The van der Waals surface area contributed by atoms with Crippen molar-refractivity contribution in [3.63, 3.8) is 0 Å². The minimum Gasteiger partial charge on any atom is -0.492 e. The molecule has 2 aliphatic rings. The fourth-order valence-electron chi connectivity index (χ4n) is 4.00. The number of ether oxygens (including phenoxy) is 1. The van der Waals surface area contributed by atoms with Crippen molar-refractivity contribution in [3.8, 4) is 5.75 Å². The maximum atomic E-state index is 12.1. The molecule has 1 aromatic heterocycles. The van der Waals surface area contributed by atoms with Gasteiger partial charge in [0.1, 0.15) is 17.8 Å². The zero-order chi connectivity index (χ0) is 16.6. The van der Waals surface area contributed by atoms with Gasteiger partial charge in [-0.15, -0.1) is 0 Å². The van der Waals surface area contributed by atoms with E-state index in [2.05, 4.69) is 14.5 Å². The van der Waals surface area contributed by atoms with E-state index >= 15 is 0 Å². The van der Waals surface area contributed by atoms with Crippen molar-refractivity contribution in [3.05, 3.63) is 48.5 Å². The molecule has 1 fully saturated rings. The predicted octanol–water partition coefficient (Wildman–Crippen LogP) is 1.84. The van der Waals surface area contributed by atoms with Crippen LogP contribution in [0.2, 0.25) is 0 Å². The first-order chi connectivity index (χ1) is 11.7. The molecule has 2 atom stereocenters. The lowest BCUT2D eigenvalue weighted by molar-refractivity contribution is -0.151. The van der Waals surface area contributed by atoms with Gasteiger partial charge in [0.2, 0.25) is 0 Å². The molecule has 2 aromatic rings. The average Bonchev–Trinajstić information content (AvgIpc) is 3.22. The Morgan fingerprint density at radius 3 is 3.04 bits per heavy atom. The Hall–Kier alpha value is -2.34. The molecule has 6 nitrogen and oxygen atoms in total. The Morgan fingerprint density at radius 1 is 1.38 bits per heavy atom. The van der Waals surface area contributed by atoms with E-state index < -0.39 is 11.4 Å². The van der Waals surface area contributed by atoms with Crippen molar-refractivity contribution in [1.82, 2.24) is 14.5 Å². The van der Waals surface area contributed by atoms with Crippen LogP contribution < -0.4 is 4.74 Å². The number of nitrogens with zero attached hydrogens (tertiary/aromatic N) is 3. The second-order valence-corrected chi connectivity index (χ2v) is 6.73. The van der Waals surface area contributed by atoms with Crippen LogP contribution in [0.25, 0.3) is 0 Å². The number of carboxylic acids is 1. The van der Waals surface area contributed by atoms with Crippen molar-refractivity contribution in [2.75, 3.05) is 26.2 Å². The normalized spacial score (nSPS) is 25.8. The van der Waals surface area contributed by atoms with Crippen LogP contribution in [0.4, 0.5) is 0 Å². The fourth-order valence-corrected chi connectivity index (χ4v) is 4.00. The summed E-state index contributed by atoms with van der Waals surface area (Å²) in [6.07, 6.45) is 6.51. The van der Waals surface area contributed by atoms with Gasteiger partial charge in [-0.05, 0) is 24.6 Å². The molecule has 126 valence electrons. The third-order valence-corrected chi connectivity index (χ3v) is 5.27. The molecule has 24 heavy (non-hydrogen) atoms. The van der Waals surface area contributed by atoms with Crippen LogP contribution in [0.15, 0.2) is 43.0 Å². The first kappa shape index (κ1) is 15.2. The Kier molecular flexibility index (Phi) is 3.76. The highest BCUT2D eigenvalue weighted by Gasteiger charge is 2.56. The summed E-state index contributed by atoms with van der Waals surface area (Å²) in [5.74, 6) is 0.0759. The molecule has 3 heterocycles. The Labute approximate surface area is 140 Å². The summed E-state index contributed by atoms with van der Waals surface area (Å²) < 4.78 is 7.84. The van der Waals surface area contributed by atoms with Gasteiger partial charge in [0, 0.05) is 37.9 Å². The standard InChI is InChI=1S/C18H21N3O3/c22-17(23)18-11-21(8-3-7-20-9-6-19-13-20)10-15(18)14-4-1-2-5-16(14)24-12-18/h1-2,4-6,9,13,15H,3,7-8,10-12H2,(H,22,23)/t15-,18-/m1/s1. The highest BCUT2D eigenvalue weighted by molar-refractivity contribution is 5.78. The van der Waals surface area contributed by atoms with E-state index in [1.807, 2.05) is 36.8 Å². The highest BCUT2D eigenvalue weighted by atomic mass is 16.5. The molecule has 0 aliphatic carbocycles. The lowest BCUT2D eigenvalue weighted by atomic mass is 9.73. The second-order valence-electron chi connectivity index (χ2n) is 6.73. The van der Waals surface area contributed by atoms with Crippen LogP contribution in [0.1, 0.15) is 17.9 Å². The topological polar surface area (TPSA) is 67.6 Å². The van der Waals surface area contributed by atoms with Gasteiger partial charge >= 0.3 is 5.97 Å². The van der Waals surface area contributed by atoms with Gasteiger partial charge in [0.05, 0.1) is 6.33 Å². The van der Waals surface area contributed by atoms with Crippen molar-refractivity contribution >= 4 is 5.97 Å². The van der Waals surface area contributed by atoms with E-state index in [-0.39, 0.29) is 12.5 Å². The molecule has 0 radical (unpaired) electrons. The third kappa shape index (κ3) is 2.47. The zero-order valence-electron chi connectivity index (χ0n) is 13.5. The number of rotatable bonds is 5. The number of likely N-dealkylation sites (tertiary alicyclic amines) is 1. The Bertz CT molecular complexity index is 731. The third-order valence-electron chi connectivity index (χ3n) is 5.27. The number of fused-ring (bicyclic) bond motifs is 3. The van der Waals surface area contributed by atoms with Crippen molar-refractivity contribution < 1.29 is 14.6 Å². The molecular formula is C18H21N3O3. The van der Waals surface area contributed by atoms with E-state index in [4.69, 9.17) is 4.74 Å². The molecule has 6 heteroatoms. The number of imidazole rings is 1. The van der Waals surface area contributed by atoms with Crippen LogP contribution in [0.5, 0.6) is 5.75 Å². The molecule has 4 rings (SSSR count). The fraction of sp³-hybridized carbons (Fsp3) is 0.444. The Balaban J connectivity index is 1.50. The molecule has 1 N–H and O–H groups in total. The van der Waals surface area contributed by atoms with Crippen molar-refractivity contribution in [2.24, 2.45) is 5.41 Å². The van der Waals surface area contributed by atoms with E-state index in [1.165, 1.54) is 0 Å². The maximum Gasteiger partial charge on any atom is 0.315 e. The molecule has 0 saturated carbocycles. The molecule has 0 bridgehead atoms. The highest BCUT2D eigenvalue weighted by Crippen LogP contribution is 2.49. The number of hydrogen-bond donors (Lipinski definition) is 1. The summed E-state index contributed by atoms with van der Waals surface area (Å²) in [5.41, 5.74) is 0.201. The van der Waals surface area contributed by atoms with Crippen LogP contribution in [0, 0.1) is 5.41 Å². The number of aliphatic carboxylic acids is 1. The van der Waals surface area contributed by atoms with Gasteiger partial charge < -0.3 is 19.3 Å². The van der Waals surface area contributed by atoms with E-state index in [9.17, 15) is 9.90 Å². The van der Waals surface area contributed by atoms with E-state index in [0.29, 0.717) is 6.54 Å². The first-order valence-electron chi connectivity index (χ1n) is 8.32. The van der Waals surface area contributed by atoms with Gasteiger partial charge in [-0.3, -0.25) is 4.79 Å². The number of para-hydroxylation sites is 1. The van der Waals surface area contributed by atoms with Gasteiger partial charge in [0.25, 0.3) is 0 Å². The summed E-state index contributed by atoms with van der Waals surface area (Å²) in [4.78, 5) is 18.4. The maximum absolute atomic E-state index is 12.1. The van der Waals surface area contributed by atoms with Gasteiger partial charge in [0.15, 0.2) is 0 Å². The van der Waals surface area contributed by atoms with Gasteiger partial charge in [-0.1, -0.05) is 18.2 Å². The number of aromatic nitrogens is 2. The smallest absolute Gasteiger partial charge is 0.315 e. The average molecular weight is 327 g/mol. The molecule has 0 amide bonds. The first-order valence-corrected chi connectivity index (χ1v) is 8.32. The molecule has 1 saturated heterocycles. The number of hydrogen-bond acceptors (Lipinski definition) is 4. The SMILES string of the molecule is O=C(O)[C@]12COc3ccccc3[C@H]1CN(CCCn1ccnc1)C2. The minimum atomic E-state index is -0.830. The quantitative estimate of drug-likeness (QED) is 0.907. The van der Waals surface area contributed by atoms with Crippen LogP contribution in [0.3, 0.4) is 0 Å². The largest absolute Gasteiger partial charge is 0.492 e. The second kappa shape index (κ2) is 5.94. The molecule has 2 aliphatic heterocycles. The van der Waals surface area contributed by atoms with E-state index in [1.54, 1.807) is 6.20 Å². The van der Waals surface area contributed by atoms with Gasteiger partial charge in [-0.2, -0.15) is 0 Å². The number of carbonyl (C=O) groups is 1. The summed E-state index contributed by atoms with van der Waals surface area (Å²) in [7, 11) is 0. The molecule has 0 spiro atoms. The molecule has 0 unspecified atom stereocenters. The Morgan fingerprint density at radius 2 is 2.25 bits per heavy atom. The van der Waals surface area contributed by atoms with Crippen LogP contribution in [-0.4, -0.2) is 51.8 Å². The molecular weight excluding hydrogens is 306 g/mol. The predicted molar refractivity (Wildman–Crippen MR) is 88.0 cm³/mol. The summed E-state index contributed by atoms with van der Waals surface area (Å²) >= 11 is 0. The minimum absolute atomic E-state index is 0.00630. The summed E-state index contributed by atoms with van der Waals surface area (Å²) in [6.45, 7) is 3.35. The zero-order valence-corrected chi connectivity index (χ0v) is 13.5. The lowest BCUT2D eigenvalue weighted by Crippen LogP contribution is -2.45. The lowest BCUT2D eigenvalue weighted by Gasteiger charge is -2.35. The van der Waals surface area contributed by atoms with Crippen LogP contribution >= 0.6 is 0 Å². The number of carboxylic acid groups (broad SMARTS) is 1. The molecule has 1 aromatic carbocycles. The summed E-state index contributed by atoms with van der Waals surface area (Å²) in [5, 5.41) is 9.90.